The van der Waals surface area contributed by atoms with Gasteiger partial charge in [-0.15, -0.1) is 0 Å². The maximum Gasteiger partial charge on any atom is 0.431 e. The molecule has 10 nitrogen and oxygen atoms in total. The Labute approximate surface area is 268 Å². The fourth-order valence-corrected chi connectivity index (χ4v) is 8.98. The van der Waals surface area contributed by atoms with E-state index in [4.69, 9.17) is 4.74 Å². The predicted molar refractivity (Wildman–Crippen MR) is 162 cm³/mol. The molecule has 4 fully saturated rings. The highest BCUT2D eigenvalue weighted by molar-refractivity contribution is 5.97. The van der Waals surface area contributed by atoms with Crippen LogP contribution in [0.25, 0.3) is 10.9 Å². The van der Waals surface area contributed by atoms with Crippen molar-refractivity contribution in [2.75, 3.05) is 20.1 Å². The van der Waals surface area contributed by atoms with Crippen LogP contribution in [0.2, 0.25) is 0 Å². The zero-order chi connectivity index (χ0) is 33.0. The smallest absolute Gasteiger partial charge is 0.351 e. The van der Waals surface area contributed by atoms with E-state index in [-0.39, 0.29) is 42.8 Å². The fraction of sp³-hybridized carbons (Fsp3) is 0.500. The second-order valence-corrected chi connectivity index (χ2v) is 13.8. The molecule has 4 aliphatic heterocycles. The highest BCUT2D eigenvalue weighted by Crippen LogP contribution is 2.49. The van der Waals surface area contributed by atoms with Gasteiger partial charge in [-0.05, 0) is 62.4 Å². The molecular weight excluding hydrogens is 615 g/mol. The van der Waals surface area contributed by atoms with Crippen molar-refractivity contribution in [3.63, 3.8) is 0 Å². The number of likely N-dealkylation sites (N-methyl/N-ethyl adjacent to an activating group) is 1. The molecule has 7 atom stereocenters. The summed E-state index contributed by atoms with van der Waals surface area (Å²) in [5.41, 5.74) is -0.430. The van der Waals surface area contributed by atoms with Crippen molar-refractivity contribution >= 4 is 28.6 Å². The van der Waals surface area contributed by atoms with Crippen LogP contribution in [0.3, 0.4) is 0 Å². The van der Waals surface area contributed by atoms with Crippen molar-refractivity contribution in [1.29, 1.82) is 0 Å². The largest absolute Gasteiger partial charge is 0.431 e. The molecule has 5 heterocycles. The highest BCUT2D eigenvalue weighted by Gasteiger charge is 2.70. The number of likely N-dealkylation sites (tertiary alicyclic amines) is 1. The Hall–Kier alpha value is -3.94. The van der Waals surface area contributed by atoms with Gasteiger partial charge in [-0.3, -0.25) is 24.0 Å². The summed E-state index contributed by atoms with van der Waals surface area (Å²) < 4.78 is 48.1. The fourth-order valence-electron chi connectivity index (χ4n) is 8.98. The standard InChI is InChI=1S/C34H36F3N5O5/c1-32(31(45)42-25(14-18-8-4-3-5-9-18)30(44)41-13-7-12-26(41)34(42,46)47-32)39-29(43)19-15-21-20-10-6-11-23-27(20)22(16-24(21)40(2)17-19)28(38-23)33(35,36)37/h3-6,8-11,19,21,24-26,38,46H,7,12-17H2,1-2H3,(H,39,43)/t19?,21-,24-,25+,26+,32-,34+/m1/s1. The number of rotatable bonds is 4. The molecule has 4 saturated heterocycles. The Balaban J connectivity index is 1.08. The molecule has 0 saturated carbocycles. The van der Waals surface area contributed by atoms with Gasteiger partial charge in [0, 0.05) is 42.4 Å². The number of nitrogens with one attached hydrogen (secondary N) is 2. The molecule has 0 radical (unpaired) electrons. The molecule has 0 spiro atoms. The van der Waals surface area contributed by atoms with E-state index in [1.165, 1.54) is 6.92 Å². The van der Waals surface area contributed by atoms with E-state index in [1.807, 2.05) is 41.3 Å². The normalized spacial score (nSPS) is 33.6. The van der Waals surface area contributed by atoms with E-state index >= 15 is 0 Å². The summed E-state index contributed by atoms with van der Waals surface area (Å²) >= 11 is 0. The van der Waals surface area contributed by atoms with Crippen LogP contribution in [-0.2, 0) is 38.1 Å². The molecule has 3 amide bonds. The summed E-state index contributed by atoms with van der Waals surface area (Å²) in [4.78, 5) is 49.2. The van der Waals surface area contributed by atoms with Crippen LogP contribution in [-0.4, -0.2) is 92.4 Å². The maximum absolute atomic E-state index is 14.2. The molecule has 0 bridgehead atoms. The van der Waals surface area contributed by atoms with Crippen molar-refractivity contribution < 1.29 is 37.4 Å². The molecule has 248 valence electrons. The average molecular weight is 652 g/mol. The zero-order valence-corrected chi connectivity index (χ0v) is 26.0. The predicted octanol–water partition coefficient (Wildman–Crippen LogP) is 3.10. The zero-order valence-electron chi connectivity index (χ0n) is 26.0. The lowest BCUT2D eigenvalue weighted by atomic mass is 9.72. The van der Waals surface area contributed by atoms with Crippen LogP contribution in [0.5, 0.6) is 0 Å². The number of piperazine rings is 1. The van der Waals surface area contributed by atoms with Gasteiger partial charge in [0.2, 0.25) is 17.5 Å². The number of benzene rings is 2. The number of hydrogen-bond donors (Lipinski definition) is 3. The van der Waals surface area contributed by atoms with Crippen LogP contribution in [0.4, 0.5) is 13.2 Å². The molecule has 3 aromatic rings. The first-order valence-electron chi connectivity index (χ1n) is 16.1. The minimum atomic E-state index is -4.52. The molecule has 8 rings (SSSR count). The number of piperidine rings is 1. The number of aliphatic hydroxyl groups is 1. The Bertz CT molecular complexity index is 1800. The van der Waals surface area contributed by atoms with Crippen LogP contribution in [0.15, 0.2) is 48.5 Å². The van der Waals surface area contributed by atoms with Crippen LogP contribution < -0.4 is 5.32 Å². The first-order valence-corrected chi connectivity index (χ1v) is 16.1. The lowest BCUT2D eigenvalue weighted by Gasteiger charge is -2.48. The van der Waals surface area contributed by atoms with E-state index in [9.17, 15) is 32.7 Å². The second kappa shape index (κ2) is 10.3. The third-order valence-electron chi connectivity index (χ3n) is 11.0. The lowest BCUT2D eigenvalue weighted by molar-refractivity contribution is -0.315. The van der Waals surface area contributed by atoms with Crippen LogP contribution in [0, 0.1) is 5.92 Å². The Kier molecular flexibility index (Phi) is 6.65. The quantitative estimate of drug-likeness (QED) is 0.399. The van der Waals surface area contributed by atoms with Crippen molar-refractivity contribution in [3.8, 4) is 0 Å². The molecule has 3 N–H and O–H groups in total. The number of halogens is 3. The SMILES string of the molecule is CN1CC(C(=O)N[C@]2(C)O[C@@]3(O)[C@@H]4CCCN4C(=O)[C@H](Cc4ccccc4)N3C2=O)C[C@@H]2c3cccc4[nH]c(C(F)(F)F)c(c34)C[C@H]21. The topological polar surface area (TPSA) is 118 Å². The summed E-state index contributed by atoms with van der Waals surface area (Å²) in [6, 6.07) is 12.4. The Morgan fingerprint density at radius 3 is 2.66 bits per heavy atom. The van der Waals surface area contributed by atoms with Crippen molar-refractivity contribution in [2.24, 2.45) is 5.92 Å². The van der Waals surface area contributed by atoms with Gasteiger partial charge >= 0.3 is 6.18 Å². The van der Waals surface area contributed by atoms with E-state index < -0.39 is 53.3 Å². The van der Waals surface area contributed by atoms with E-state index in [1.54, 1.807) is 24.1 Å². The molecular formula is C34H36F3N5O5. The number of aromatic nitrogens is 1. The first kappa shape index (κ1) is 30.4. The summed E-state index contributed by atoms with van der Waals surface area (Å²) in [6.45, 7) is 2.10. The van der Waals surface area contributed by atoms with Crippen LogP contribution in [0.1, 0.15) is 54.5 Å². The van der Waals surface area contributed by atoms with Crippen molar-refractivity contribution in [2.45, 2.75) is 80.9 Å². The average Bonchev–Trinajstić information content (AvgIpc) is 3.72. The van der Waals surface area contributed by atoms with Crippen molar-refractivity contribution in [3.05, 3.63) is 70.9 Å². The number of carbonyl (C=O) groups is 3. The number of carbonyl (C=O) groups excluding carboxylic acids is 3. The van der Waals surface area contributed by atoms with Gasteiger partial charge in [0.05, 0.1) is 5.92 Å². The molecule has 13 heteroatoms. The third-order valence-corrected chi connectivity index (χ3v) is 11.0. The first-order chi connectivity index (χ1) is 22.3. The number of ether oxygens (including phenoxy) is 1. The van der Waals surface area contributed by atoms with E-state index in [2.05, 4.69) is 10.3 Å². The molecule has 1 aliphatic carbocycles. The number of amides is 3. The monoisotopic (exact) mass is 651 g/mol. The summed E-state index contributed by atoms with van der Waals surface area (Å²) in [7, 11) is 1.80. The maximum atomic E-state index is 14.2. The van der Waals surface area contributed by atoms with Gasteiger partial charge in [-0.1, -0.05) is 42.5 Å². The van der Waals surface area contributed by atoms with Gasteiger partial charge in [0.1, 0.15) is 17.8 Å². The van der Waals surface area contributed by atoms with Gasteiger partial charge in [-0.2, -0.15) is 13.2 Å². The molecule has 1 unspecified atom stereocenters. The number of aromatic amines is 1. The second-order valence-electron chi connectivity index (χ2n) is 13.8. The molecule has 1 aromatic heterocycles. The van der Waals surface area contributed by atoms with Gasteiger partial charge in [0.25, 0.3) is 11.8 Å². The van der Waals surface area contributed by atoms with Gasteiger partial charge in [-0.25, -0.2) is 0 Å². The number of alkyl halides is 3. The van der Waals surface area contributed by atoms with Gasteiger partial charge in [0.15, 0.2) is 0 Å². The number of hydrogen-bond acceptors (Lipinski definition) is 6. The summed E-state index contributed by atoms with van der Waals surface area (Å²) in [5, 5.41) is 15.4. The Morgan fingerprint density at radius 1 is 1.15 bits per heavy atom. The lowest BCUT2D eigenvalue weighted by Crippen LogP contribution is -2.71. The molecule has 47 heavy (non-hydrogen) atoms. The highest BCUT2D eigenvalue weighted by atomic mass is 19.4. The van der Waals surface area contributed by atoms with E-state index in [0.717, 1.165) is 16.0 Å². The molecule has 5 aliphatic rings. The summed E-state index contributed by atoms with van der Waals surface area (Å²) in [6.07, 6.45) is -2.72. The van der Waals surface area contributed by atoms with Crippen LogP contribution >= 0.6 is 0 Å². The number of nitrogens with zero attached hydrogens (tertiary/aromatic N) is 3. The van der Waals surface area contributed by atoms with Crippen molar-refractivity contribution in [1.82, 2.24) is 25.0 Å². The minimum absolute atomic E-state index is 0.170. The number of H-pyrrole nitrogens is 1. The summed E-state index contributed by atoms with van der Waals surface area (Å²) in [5.74, 6) is -4.40. The Morgan fingerprint density at radius 2 is 1.91 bits per heavy atom. The van der Waals surface area contributed by atoms with Gasteiger partial charge < -0.3 is 25.2 Å². The minimum Gasteiger partial charge on any atom is -0.351 e. The number of fused-ring (bicyclic) bond motifs is 5. The molecule has 2 aromatic carbocycles. The van der Waals surface area contributed by atoms with E-state index in [0.29, 0.717) is 36.7 Å². The third kappa shape index (κ3) is 4.46.